The quantitative estimate of drug-likeness (QED) is 0.495. The number of ether oxygens (including phenoxy) is 1. The third kappa shape index (κ3) is 3.05. The fraction of sp³-hybridized carbons (Fsp3) is 0.304. The summed E-state index contributed by atoms with van der Waals surface area (Å²) in [5.74, 6) is -0.635. The lowest BCUT2D eigenvalue weighted by Gasteiger charge is -2.18. The number of hydrogen-bond donors (Lipinski definition) is 0. The van der Waals surface area contributed by atoms with Gasteiger partial charge in [0.2, 0.25) is 0 Å². The van der Waals surface area contributed by atoms with Crippen LogP contribution in [-0.4, -0.2) is 12.6 Å². The van der Waals surface area contributed by atoms with Crippen LogP contribution in [0.2, 0.25) is 0 Å². The summed E-state index contributed by atoms with van der Waals surface area (Å²) in [7, 11) is 0. The maximum atomic E-state index is 12.8. The molecule has 0 N–H and O–H groups in total. The zero-order valence-corrected chi connectivity index (χ0v) is 15.6. The van der Waals surface area contributed by atoms with Gasteiger partial charge in [0.15, 0.2) is 5.56 Å². The van der Waals surface area contributed by atoms with Crippen molar-refractivity contribution in [2.24, 2.45) is 0 Å². The van der Waals surface area contributed by atoms with Gasteiger partial charge in [-0.15, -0.1) is 0 Å². The molecule has 4 rings (SSSR count). The minimum atomic E-state index is -0.644. The first kappa shape index (κ1) is 17.5. The Hall–Kier alpha value is -2.88. The molecule has 4 nitrogen and oxygen atoms in total. The first-order valence-electron chi connectivity index (χ1n) is 9.46. The highest BCUT2D eigenvalue weighted by molar-refractivity contribution is 6.06. The highest BCUT2D eigenvalue weighted by Gasteiger charge is 2.25. The summed E-state index contributed by atoms with van der Waals surface area (Å²) in [6, 6.07) is 11.8. The second kappa shape index (κ2) is 7.03. The molecule has 1 aliphatic carbocycles. The third-order valence-corrected chi connectivity index (χ3v) is 5.26. The molecule has 3 aromatic rings. The monoisotopic (exact) mass is 362 g/mol. The van der Waals surface area contributed by atoms with Crippen LogP contribution in [0.4, 0.5) is 0 Å². The molecule has 0 aliphatic heterocycles. The van der Waals surface area contributed by atoms with Crippen LogP contribution in [-0.2, 0) is 17.6 Å². The van der Waals surface area contributed by atoms with Crippen molar-refractivity contribution in [3.63, 3.8) is 0 Å². The largest absolute Gasteiger partial charge is 0.462 e. The molecule has 0 saturated carbocycles. The summed E-state index contributed by atoms with van der Waals surface area (Å²) < 4.78 is 10.7. The number of hydrogen-bond acceptors (Lipinski definition) is 4. The molecule has 0 fully saturated rings. The van der Waals surface area contributed by atoms with Crippen molar-refractivity contribution in [3.05, 3.63) is 69.1 Å². The van der Waals surface area contributed by atoms with Gasteiger partial charge in [0, 0.05) is 10.9 Å². The second-order valence-electron chi connectivity index (χ2n) is 7.00. The molecular formula is C23H22O4. The number of carbonyl (C=O) groups excluding carboxylic acids is 1. The smallest absolute Gasteiger partial charge is 0.351 e. The molecule has 4 heteroatoms. The zero-order chi connectivity index (χ0) is 19.0. The lowest BCUT2D eigenvalue weighted by atomic mass is 9.87. The predicted octanol–water partition coefficient (Wildman–Crippen LogP) is 4.82. The molecule has 1 heterocycles. The maximum absolute atomic E-state index is 12.8. The van der Waals surface area contributed by atoms with Gasteiger partial charge in [0.25, 0.3) is 0 Å². The van der Waals surface area contributed by atoms with Crippen molar-refractivity contribution in [2.75, 3.05) is 6.61 Å². The van der Waals surface area contributed by atoms with Crippen LogP contribution in [0.3, 0.4) is 0 Å². The molecule has 1 aliphatic rings. The summed E-state index contributed by atoms with van der Waals surface area (Å²) >= 11 is 0. The van der Waals surface area contributed by atoms with Gasteiger partial charge < -0.3 is 9.15 Å². The topological polar surface area (TPSA) is 56.5 Å². The molecule has 0 atom stereocenters. The van der Waals surface area contributed by atoms with E-state index in [0.29, 0.717) is 11.1 Å². The fourth-order valence-electron chi connectivity index (χ4n) is 3.95. The van der Waals surface area contributed by atoms with Crippen LogP contribution in [0.1, 0.15) is 46.8 Å². The summed E-state index contributed by atoms with van der Waals surface area (Å²) in [6.45, 7) is 3.90. The Balaban J connectivity index is 2.11. The molecular weight excluding hydrogens is 340 g/mol. The standard InChI is InChI=1S/C23H22O4/c1-3-26-22(24)21-20(17-11-7-4-8-14(17)2)18-12-15-9-5-6-10-16(15)13-19(18)27-23(21)25/h4,7-8,11-13H,3,5-6,9-10H2,1-2H3. The van der Waals surface area contributed by atoms with Gasteiger partial charge in [-0.25, -0.2) is 9.59 Å². The number of aryl methyl sites for hydroxylation is 3. The van der Waals surface area contributed by atoms with Crippen molar-refractivity contribution in [1.29, 1.82) is 0 Å². The Bertz CT molecular complexity index is 1090. The van der Waals surface area contributed by atoms with Crippen molar-refractivity contribution in [1.82, 2.24) is 0 Å². The minimum Gasteiger partial charge on any atom is -0.462 e. The predicted molar refractivity (Wildman–Crippen MR) is 105 cm³/mol. The van der Waals surface area contributed by atoms with Gasteiger partial charge in [-0.3, -0.25) is 0 Å². The molecule has 138 valence electrons. The molecule has 27 heavy (non-hydrogen) atoms. The van der Waals surface area contributed by atoms with E-state index >= 15 is 0 Å². The lowest BCUT2D eigenvalue weighted by molar-refractivity contribution is 0.0523. The van der Waals surface area contributed by atoms with E-state index in [9.17, 15) is 9.59 Å². The Morgan fingerprint density at radius 2 is 1.81 bits per heavy atom. The normalized spacial score (nSPS) is 13.4. The van der Waals surface area contributed by atoms with Crippen LogP contribution in [0.15, 0.2) is 45.6 Å². The minimum absolute atomic E-state index is 0.0191. The third-order valence-electron chi connectivity index (χ3n) is 5.26. The number of fused-ring (bicyclic) bond motifs is 2. The summed E-state index contributed by atoms with van der Waals surface area (Å²) in [4.78, 5) is 25.4. The first-order chi connectivity index (χ1) is 13.1. The van der Waals surface area contributed by atoms with Gasteiger partial charge in [0.1, 0.15) is 5.58 Å². The van der Waals surface area contributed by atoms with Crippen LogP contribution < -0.4 is 5.63 Å². The van der Waals surface area contributed by atoms with E-state index in [1.54, 1.807) is 6.92 Å². The Labute approximate surface area is 157 Å². The molecule has 0 radical (unpaired) electrons. The average molecular weight is 362 g/mol. The van der Waals surface area contributed by atoms with Gasteiger partial charge in [0.05, 0.1) is 6.61 Å². The number of esters is 1. The molecule has 2 aromatic carbocycles. The van der Waals surface area contributed by atoms with E-state index in [1.807, 2.05) is 37.3 Å². The molecule has 1 aromatic heterocycles. The van der Waals surface area contributed by atoms with E-state index in [-0.39, 0.29) is 12.2 Å². The van der Waals surface area contributed by atoms with Crippen LogP contribution in [0, 0.1) is 6.92 Å². The molecule has 0 bridgehead atoms. The van der Waals surface area contributed by atoms with Crippen molar-refractivity contribution < 1.29 is 13.9 Å². The molecule has 0 saturated heterocycles. The number of benzene rings is 2. The average Bonchev–Trinajstić information content (AvgIpc) is 2.66. The molecule has 0 unspecified atom stereocenters. The number of carbonyl (C=O) groups is 1. The van der Waals surface area contributed by atoms with Gasteiger partial charge >= 0.3 is 11.6 Å². The lowest BCUT2D eigenvalue weighted by Crippen LogP contribution is -2.19. The Kier molecular flexibility index (Phi) is 4.56. The first-order valence-corrected chi connectivity index (χ1v) is 9.46. The number of rotatable bonds is 3. The van der Waals surface area contributed by atoms with E-state index in [0.717, 1.165) is 42.2 Å². The van der Waals surface area contributed by atoms with E-state index in [1.165, 1.54) is 11.1 Å². The molecule has 0 spiro atoms. The zero-order valence-electron chi connectivity index (χ0n) is 15.6. The van der Waals surface area contributed by atoms with E-state index < -0.39 is 11.6 Å². The fourth-order valence-corrected chi connectivity index (χ4v) is 3.95. The van der Waals surface area contributed by atoms with Crippen molar-refractivity contribution in [3.8, 4) is 11.1 Å². The summed E-state index contributed by atoms with van der Waals surface area (Å²) in [5.41, 5.74) is 4.84. The van der Waals surface area contributed by atoms with Crippen molar-refractivity contribution >= 4 is 16.9 Å². The van der Waals surface area contributed by atoms with Gasteiger partial charge in [-0.05, 0) is 73.9 Å². The highest BCUT2D eigenvalue weighted by Crippen LogP contribution is 2.36. The van der Waals surface area contributed by atoms with E-state index in [2.05, 4.69) is 6.07 Å². The summed E-state index contributed by atoms with van der Waals surface area (Å²) in [6.07, 6.45) is 4.30. The second-order valence-corrected chi connectivity index (χ2v) is 7.00. The molecule has 0 amide bonds. The van der Waals surface area contributed by atoms with Gasteiger partial charge in [-0.2, -0.15) is 0 Å². The van der Waals surface area contributed by atoms with E-state index in [4.69, 9.17) is 9.15 Å². The van der Waals surface area contributed by atoms with Crippen LogP contribution >= 0.6 is 0 Å². The Morgan fingerprint density at radius 1 is 1.11 bits per heavy atom. The summed E-state index contributed by atoms with van der Waals surface area (Å²) in [5, 5.41) is 0.799. The van der Waals surface area contributed by atoms with Crippen molar-refractivity contribution in [2.45, 2.75) is 39.5 Å². The van der Waals surface area contributed by atoms with Crippen LogP contribution in [0.25, 0.3) is 22.1 Å². The van der Waals surface area contributed by atoms with Gasteiger partial charge in [-0.1, -0.05) is 24.3 Å². The SMILES string of the molecule is CCOC(=O)c1c(-c2ccccc2C)c2cc3c(cc2oc1=O)CCCC3. The highest BCUT2D eigenvalue weighted by atomic mass is 16.5. The van der Waals surface area contributed by atoms with Crippen LogP contribution in [0.5, 0.6) is 0 Å². The maximum Gasteiger partial charge on any atom is 0.351 e. The Morgan fingerprint density at radius 3 is 2.52 bits per heavy atom.